The fourth-order valence-electron chi connectivity index (χ4n) is 3.11. The zero-order chi connectivity index (χ0) is 21.8. The van der Waals surface area contributed by atoms with Gasteiger partial charge in [0.1, 0.15) is 27.8 Å². The Kier molecular flexibility index (Phi) is 6.03. The molecule has 2 N–H and O–H groups in total. The summed E-state index contributed by atoms with van der Waals surface area (Å²) in [5.74, 6) is -0.151. The first-order valence-corrected chi connectivity index (χ1v) is 11.7. The van der Waals surface area contributed by atoms with Crippen molar-refractivity contribution < 1.29 is 13.2 Å². The highest BCUT2D eigenvalue weighted by atomic mass is 32.2. The highest BCUT2D eigenvalue weighted by molar-refractivity contribution is 7.89. The molecule has 4 rings (SSSR count). The fourth-order valence-corrected chi connectivity index (χ4v) is 5.07. The molecule has 4 aromatic rings. The molecule has 31 heavy (non-hydrogen) atoms. The molecule has 2 aromatic carbocycles. The maximum Gasteiger partial charge on any atom is 0.244 e. The van der Waals surface area contributed by atoms with E-state index >= 15 is 0 Å². The van der Waals surface area contributed by atoms with Gasteiger partial charge in [-0.05, 0) is 43.2 Å². The molecule has 0 aliphatic rings. The maximum atomic E-state index is 13.2. The van der Waals surface area contributed by atoms with Gasteiger partial charge in [0.25, 0.3) is 0 Å². The normalized spacial score (nSPS) is 12.5. The zero-order valence-corrected chi connectivity index (χ0v) is 18.2. The Morgan fingerprint density at radius 1 is 1.00 bits per heavy atom. The minimum absolute atomic E-state index is 0.0155. The second-order valence-electron chi connectivity index (χ2n) is 6.91. The summed E-state index contributed by atoms with van der Waals surface area (Å²) in [6.45, 7) is 1.81. The van der Waals surface area contributed by atoms with Gasteiger partial charge in [0.2, 0.25) is 15.9 Å². The number of aromatic nitrogens is 3. The average molecular weight is 454 g/mol. The number of nitrogens with zero attached hydrogens (tertiary/aromatic N) is 3. The molecular weight excluding hydrogens is 434 g/mol. The van der Waals surface area contributed by atoms with Crippen LogP contribution in [0.5, 0.6) is 0 Å². The van der Waals surface area contributed by atoms with Crippen molar-refractivity contribution in [2.24, 2.45) is 0 Å². The quantitative estimate of drug-likeness (QED) is 0.445. The summed E-state index contributed by atoms with van der Waals surface area (Å²) in [6, 6.07) is 18.1. The molecule has 0 unspecified atom stereocenters. The predicted molar refractivity (Wildman–Crippen MR) is 119 cm³/mol. The van der Waals surface area contributed by atoms with E-state index in [1.807, 2.05) is 43.3 Å². The average Bonchev–Trinajstić information content (AvgIpc) is 3.22. The molecule has 2 heterocycles. The Hall–Kier alpha value is -3.21. The van der Waals surface area contributed by atoms with Gasteiger partial charge in [-0.3, -0.25) is 4.79 Å². The monoisotopic (exact) mass is 453 g/mol. The molecule has 0 saturated carbocycles. The molecule has 158 valence electrons. The van der Waals surface area contributed by atoms with Crippen LogP contribution in [0.15, 0.2) is 71.6 Å². The summed E-state index contributed by atoms with van der Waals surface area (Å²) < 4.78 is 37.1. The van der Waals surface area contributed by atoms with Crippen LogP contribution in [0.4, 0.5) is 5.82 Å². The SMILES string of the molecule is Cc1cccc(NC(=O)[C@H](Cc2ccccc2)NS(=O)(=O)c2cccc3nsnc23)n1. The van der Waals surface area contributed by atoms with Crippen LogP contribution >= 0.6 is 11.7 Å². The Morgan fingerprint density at radius 2 is 1.77 bits per heavy atom. The van der Waals surface area contributed by atoms with Crippen LogP contribution in [0, 0.1) is 6.92 Å². The van der Waals surface area contributed by atoms with Crippen molar-refractivity contribution in [3.63, 3.8) is 0 Å². The van der Waals surface area contributed by atoms with Gasteiger partial charge in [0, 0.05) is 5.69 Å². The lowest BCUT2D eigenvalue weighted by molar-refractivity contribution is -0.117. The van der Waals surface area contributed by atoms with Crippen LogP contribution < -0.4 is 10.0 Å². The van der Waals surface area contributed by atoms with Gasteiger partial charge in [-0.25, -0.2) is 13.4 Å². The first-order chi connectivity index (χ1) is 14.9. The molecule has 0 fully saturated rings. The molecule has 0 aliphatic heterocycles. The Morgan fingerprint density at radius 3 is 2.55 bits per heavy atom. The van der Waals surface area contributed by atoms with E-state index in [0.717, 1.165) is 23.0 Å². The summed E-state index contributed by atoms with van der Waals surface area (Å²) in [6.07, 6.45) is 0.170. The number of benzene rings is 2. The van der Waals surface area contributed by atoms with Gasteiger partial charge in [-0.1, -0.05) is 42.5 Å². The lowest BCUT2D eigenvalue weighted by atomic mass is 10.1. The molecule has 0 radical (unpaired) electrons. The first kappa shape index (κ1) is 21.0. The van der Waals surface area contributed by atoms with Crippen LogP contribution in [0.25, 0.3) is 11.0 Å². The standard InChI is InChI=1S/C21H19N5O3S2/c1-14-7-5-12-19(22-14)23-21(27)17(13-15-8-3-2-4-9-15)26-31(28,29)18-11-6-10-16-20(18)25-30-24-16/h2-12,17,26H,13H2,1H3,(H,22,23,27)/t17-/m0/s1. The summed E-state index contributed by atoms with van der Waals surface area (Å²) in [5, 5.41) is 2.71. The van der Waals surface area contributed by atoms with E-state index < -0.39 is 22.0 Å². The molecule has 0 aliphatic carbocycles. The van der Waals surface area contributed by atoms with Crippen molar-refractivity contribution in [1.82, 2.24) is 18.5 Å². The van der Waals surface area contributed by atoms with Crippen LogP contribution in [-0.4, -0.2) is 34.1 Å². The van der Waals surface area contributed by atoms with Gasteiger partial charge in [-0.2, -0.15) is 13.5 Å². The molecule has 0 saturated heterocycles. The highest BCUT2D eigenvalue weighted by Crippen LogP contribution is 2.21. The number of hydrogen-bond acceptors (Lipinski definition) is 7. The molecule has 10 heteroatoms. The minimum atomic E-state index is -4.05. The fraction of sp³-hybridized carbons (Fsp3) is 0.143. The number of rotatable bonds is 7. The number of carbonyl (C=O) groups is 1. The highest BCUT2D eigenvalue weighted by Gasteiger charge is 2.28. The van der Waals surface area contributed by atoms with Crippen molar-refractivity contribution in [1.29, 1.82) is 0 Å². The van der Waals surface area contributed by atoms with E-state index in [1.54, 1.807) is 24.3 Å². The topological polar surface area (TPSA) is 114 Å². The van der Waals surface area contributed by atoms with Gasteiger partial charge in [0.15, 0.2) is 0 Å². The van der Waals surface area contributed by atoms with Gasteiger partial charge >= 0.3 is 0 Å². The number of nitrogens with one attached hydrogen (secondary N) is 2. The molecule has 1 atom stereocenters. The maximum absolute atomic E-state index is 13.2. The molecule has 1 amide bonds. The number of sulfonamides is 1. The molecule has 8 nitrogen and oxygen atoms in total. The first-order valence-electron chi connectivity index (χ1n) is 9.44. The van der Waals surface area contributed by atoms with E-state index in [1.165, 1.54) is 6.07 Å². The summed E-state index contributed by atoms with van der Waals surface area (Å²) in [5.41, 5.74) is 2.32. The van der Waals surface area contributed by atoms with Crippen LogP contribution in [0.2, 0.25) is 0 Å². The Labute approximate surface area is 183 Å². The van der Waals surface area contributed by atoms with E-state index in [-0.39, 0.29) is 16.8 Å². The van der Waals surface area contributed by atoms with E-state index in [9.17, 15) is 13.2 Å². The third-order valence-electron chi connectivity index (χ3n) is 4.57. The summed E-state index contributed by atoms with van der Waals surface area (Å²) in [7, 11) is -4.05. The number of amides is 1. The van der Waals surface area contributed by atoms with Crippen molar-refractivity contribution >= 4 is 44.5 Å². The van der Waals surface area contributed by atoms with Crippen molar-refractivity contribution in [2.45, 2.75) is 24.3 Å². The number of hydrogen-bond donors (Lipinski definition) is 2. The van der Waals surface area contributed by atoms with Gasteiger partial charge < -0.3 is 5.32 Å². The van der Waals surface area contributed by atoms with Crippen molar-refractivity contribution in [3.05, 3.63) is 78.0 Å². The van der Waals surface area contributed by atoms with E-state index in [2.05, 4.69) is 23.8 Å². The van der Waals surface area contributed by atoms with Crippen LogP contribution in [0.1, 0.15) is 11.3 Å². The summed E-state index contributed by atoms with van der Waals surface area (Å²) in [4.78, 5) is 17.3. The number of fused-ring (bicyclic) bond motifs is 1. The Balaban J connectivity index is 1.65. The lowest BCUT2D eigenvalue weighted by Crippen LogP contribution is -2.45. The second-order valence-corrected chi connectivity index (χ2v) is 9.12. The number of anilines is 1. The third-order valence-corrected chi connectivity index (χ3v) is 6.62. The largest absolute Gasteiger partial charge is 0.309 e. The lowest BCUT2D eigenvalue weighted by Gasteiger charge is -2.19. The van der Waals surface area contributed by atoms with Crippen molar-refractivity contribution in [2.75, 3.05) is 5.32 Å². The van der Waals surface area contributed by atoms with E-state index in [4.69, 9.17) is 0 Å². The zero-order valence-electron chi connectivity index (χ0n) is 16.5. The second kappa shape index (κ2) is 8.88. The molecule has 0 spiro atoms. The number of pyridine rings is 1. The van der Waals surface area contributed by atoms with Gasteiger partial charge in [0.05, 0.1) is 11.7 Å². The third kappa shape index (κ3) is 4.93. The van der Waals surface area contributed by atoms with Crippen molar-refractivity contribution in [3.8, 4) is 0 Å². The number of carbonyl (C=O) groups excluding carboxylic acids is 1. The molecule has 2 aromatic heterocycles. The Bertz CT molecular complexity index is 1320. The van der Waals surface area contributed by atoms with Gasteiger partial charge in [-0.15, -0.1) is 0 Å². The smallest absolute Gasteiger partial charge is 0.244 e. The van der Waals surface area contributed by atoms with Crippen LogP contribution in [0.3, 0.4) is 0 Å². The molecular formula is C21H19N5O3S2. The number of aryl methyl sites for hydroxylation is 1. The van der Waals surface area contributed by atoms with E-state index in [0.29, 0.717) is 11.3 Å². The molecule has 0 bridgehead atoms. The van der Waals surface area contributed by atoms with Crippen LogP contribution in [-0.2, 0) is 21.2 Å². The minimum Gasteiger partial charge on any atom is -0.309 e. The summed E-state index contributed by atoms with van der Waals surface area (Å²) >= 11 is 0.934. The predicted octanol–water partition coefficient (Wildman–Crippen LogP) is 2.92.